The van der Waals surface area contributed by atoms with Crippen molar-refractivity contribution in [2.24, 2.45) is 0 Å². The minimum atomic E-state index is -0.401. The summed E-state index contributed by atoms with van der Waals surface area (Å²) in [6, 6.07) is 9.24. The normalized spacial score (nSPS) is 9.95. The molecule has 0 saturated heterocycles. The molecule has 1 heterocycles. The van der Waals surface area contributed by atoms with Crippen LogP contribution in [0.3, 0.4) is 0 Å². The number of nitrogens with one attached hydrogen (secondary N) is 2. The lowest BCUT2D eigenvalue weighted by atomic mass is 10.3. The van der Waals surface area contributed by atoms with Crippen molar-refractivity contribution in [2.75, 3.05) is 19.0 Å². The van der Waals surface area contributed by atoms with Crippen molar-refractivity contribution < 1.29 is 14.3 Å². The van der Waals surface area contributed by atoms with Gasteiger partial charge in [0.2, 0.25) is 0 Å². The van der Waals surface area contributed by atoms with E-state index in [0.717, 1.165) is 11.4 Å². The Morgan fingerprint density at radius 3 is 2.74 bits per heavy atom. The molecule has 19 heavy (non-hydrogen) atoms. The fraction of sp³-hybridized carbons (Fsp3) is 0.231. The zero-order valence-electron chi connectivity index (χ0n) is 10.6. The molecule has 6 heteroatoms. The topological polar surface area (TPSA) is 76.2 Å². The second-order valence-electron chi connectivity index (χ2n) is 3.82. The summed E-state index contributed by atoms with van der Waals surface area (Å²) in [6.07, 6.45) is 1.71. The van der Waals surface area contributed by atoms with Crippen LogP contribution in [0.1, 0.15) is 5.69 Å². The third kappa shape index (κ3) is 4.02. The van der Waals surface area contributed by atoms with Gasteiger partial charge in [-0.25, -0.2) is 4.79 Å². The quantitative estimate of drug-likeness (QED) is 0.772. The van der Waals surface area contributed by atoms with Gasteiger partial charge in [-0.1, -0.05) is 0 Å². The molecule has 100 valence electrons. The van der Waals surface area contributed by atoms with Gasteiger partial charge in [-0.3, -0.25) is 5.10 Å². The summed E-state index contributed by atoms with van der Waals surface area (Å²) in [4.78, 5) is 10.9. The van der Waals surface area contributed by atoms with Gasteiger partial charge in [-0.15, -0.1) is 0 Å². The second kappa shape index (κ2) is 6.44. The molecule has 0 amide bonds. The number of aromatic amines is 1. The first-order chi connectivity index (χ1) is 9.28. The van der Waals surface area contributed by atoms with E-state index < -0.39 is 5.97 Å². The summed E-state index contributed by atoms with van der Waals surface area (Å²) < 4.78 is 9.74. The number of carbonyl (C=O) groups is 1. The predicted octanol–water partition coefficient (Wildman–Crippen LogP) is 1.57. The molecule has 2 aromatic rings. The average molecular weight is 261 g/mol. The van der Waals surface area contributed by atoms with Crippen LogP contribution in [-0.2, 0) is 16.1 Å². The second-order valence-corrected chi connectivity index (χ2v) is 3.82. The van der Waals surface area contributed by atoms with E-state index in [1.165, 1.54) is 7.11 Å². The Kier molecular flexibility index (Phi) is 4.39. The smallest absolute Gasteiger partial charge is 0.343 e. The highest BCUT2D eigenvalue weighted by Crippen LogP contribution is 2.16. The van der Waals surface area contributed by atoms with Crippen LogP contribution >= 0.6 is 0 Å². The molecule has 2 rings (SSSR count). The van der Waals surface area contributed by atoms with Crippen molar-refractivity contribution in [3.05, 3.63) is 42.2 Å². The predicted molar refractivity (Wildman–Crippen MR) is 69.9 cm³/mol. The van der Waals surface area contributed by atoms with Crippen LogP contribution in [0.25, 0.3) is 0 Å². The molecule has 0 aliphatic heterocycles. The molecule has 1 aromatic heterocycles. The van der Waals surface area contributed by atoms with Crippen LogP contribution in [0.15, 0.2) is 36.5 Å². The molecule has 0 bridgehead atoms. The fourth-order valence-corrected chi connectivity index (χ4v) is 1.45. The van der Waals surface area contributed by atoms with E-state index in [1.54, 1.807) is 18.3 Å². The fourth-order valence-electron chi connectivity index (χ4n) is 1.45. The third-order valence-corrected chi connectivity index (χ3v) is 2.48. The van der Waals surface area contributed by atoms with E-state index in [0.29, 0.717) is 12.3 Å². The molecule has 1 aromatic carbocycles. The Hall–Kier alpha value is -2.50. The molecule has 6 nitrogen and oxygen atoms in total. The number of hydrogen-bond donors (Lipinski definition) is 2. The van der Waals surface area contributed by atoms with Gasteiger partial charge in [0.25, 0.3) is 0 Å². The minimum Gasteiger partial charge on any atom is -0.482 e. The SMILES string of the molecule is COC(=O)COc1ccc(NCc2ccn[nH]2)cc1. The maximum Gasteiger partial charge on any atom is 0.343 e. The van der Waals surface area contributed by atoms with Crippen molar-refractivity contribution in [3.63, 3.8) is 0 Å². The van der Waals surface area contributed by atoms with Crippen LogP contribution in [0.5, 0.6) is 5.75 Å². The molecular weight excluding hydrogens is 246 g/mol. The first-order valence-electron chi connectivity index (χ1n) is 5.80. The van der Waals surface area contributed by atoms with Crippen LogP contribution < -0.4 is 10.1 Å². The van der Waals surface area contributed by atoms with Crippen LogP contribution in [-0.4, -0.2) is 29.9 Å². The summed E-state index contributed by atoms with van der Waals surface area (Å²) in [5, 5.41) is 9.97. The lowest BCUT2D eigenvalue weighted by Gasteiger charge is -2.07. The van der Waals surface area contributed by atoms with Crippen LogP contribution in [0.4, 0.5) is 5.69 Å². The standard InChI is InChI=1S/C13H15N3O3/c1-18-13(17)9-19-12-4-2-10(3-5-12)14-8-11-6-7-15-16-11/h2-7,14H,8-9H2,1H3,(H,15,16). The lowest BCUT2D eigenvalue weighted by molar-refractivity contribution is -0.142. The minimum absolute atomic E-state index is 0.0859. The van der Waals surface area contributed by atoms with Crippen molar-refractivity contribution in [3.8, 4) is 5.75 Å². The largest absolute Gasteiger partial charge is 0.482 e. The van der Waals surface area contributed by atoms with E-state index in [1.807, 2.05) is 18.2 Å². The summed E-state index contributed by atoms with van der Waals surface area (Å²) in [5.74, 6) is 0.221. The number of nitrogens with zero attached hydrogens (tertiary/aromatic N) is 1. The zero-order chi connectivity index (χ0) is 13.5. The Balaban J connectivity index is 1.82. The van der Waals surface area contributed by atoms with Gasteiger partial charge in [-0.05, 0) is 30.3 Å². The Morgan fingerprint density at radius 2 is 2.11 bits per heavy atom. The van der Waals surface area contributed by atoms with Crippen molar-refractivity contribution in [1.29, 1.82) is 0 Å². The number of rotatable bonds is 6. The molecule has 0 fully saturated rings. The highest BCUT2D eigenvalue weighted by atomic mass is 16.6. The van der Waals surface area contributed by atoms with Crippen LogP contribution in [0.2, 0.25) is 0 Å². The van der Waals surface area contributed by atoms with Crippen molar-refractivity contribution in [1.82, 2.24) is 10.2 Å². The number of methoxy groups -OCH3 is 1. The summed E-state index contributed by atoms with van der Waals surface area (Å²) in [7, 11) is 1.33. The molecule has 0 aliphatic rings. The highest BCUT2D eigenvalue weighted by molar-refractivity contribution is 5.70. The average Bonchev–Trinajstić information content (AvgIpc) is 2.97. The van der Waals surface area contributed by atoms with Gasteiger partial charge < -0.3 is 14.8 Å². The van der Waals surface area contributed by atoms with Gasteiger partial charge in [-0.2, -0.15) is 5.10 Å². The van der Waals surface area contributed by atoms with Crippen molar-refractivity contribution >= 4 is 11.7 Å². The molecule has 0 unspecified atom stereocenters. The molecular formula is C13H15N3O3. The number of ether oxygens (including phenoxy) is 2. The van der Waals surface area contributed by atoms with Gasteiger partial charge in [0.05, 0.1) is 19.3 Å². The molecule has 0 saturated carbocycles. The lowest BCUT2D eigenvalue weighted by Crippen LogP contribution is -2.12. The Bertz CT molecular complexity index is 508. The molecule has 0 atom stereocenters. The van der Waals surface area contributed by atoms with E-state index in [4.69, 9.17) is 4.74 Å². The maximum atomic E-state index is 10.9. The van der Waals surface area contributed by atoms with Gasteiger partial charge in [0.15, 0.2) is 6.61 Å². The van der Waals surface area contributed by atoms with Crippen LogP contribution in [0, 0.1) is 0 Å². The number of H-pyrrole nitrogens is 1. The Labute approximate surface area is 110 Å². The third-order valence-electron chi connectivity index (χ3n) is 2.48. The van der Waals surface area contributed by atoms with E-state index >= 15 is 0 Å². The van der Waals surface area contributed by atoms with E-state index in [-0.39, 0.29) is 6.61 Å². The summed E-state index contributed by atoms with van der Waals surface area (Å²) >= 11 is 0. The van der Waals surface area contributed by atoms with Gasteiger partial charge >= 0.3 is 5.97 Å². The molecule has 2 N–H and O–H groups in total. The first kappa shape index (κ1) is 12.9. The maximum absolute atomic E-state index is 10.9. The van der Waals surface area contributed by atoms with Crippen molar-refractivity contribution in [2.45, 2.75) is 6.54 Å². The molecule has 0 spiro atoms. The number of carbonyl (C=O) groups excluding carboxylic acids is 1. The van der Waals surface area contributed by atoms with Gasteiger partial charge in [0, 0.05) is 11.9 Å². The van der Waals surface area contributed by atoms with E-state index in [2.05, 4.69) is 20.3 Å². The number of anilines is 1. The summed E-state index contributed by atoms with van der Waals surface area (Å²) in [6.45, 7) is 0.583. The highest BCUT2D eigenvalue weighted by Gasteiger charge is 2.01. The molecule has 0 aliphatic carbocycles. The Morgan fingerprint density at radius 1 is 1.32 bits per heavy atom. The number of benzene rings is 1. The number of esters is 1. The zero-order valence-corrected chi connectivity index (χ0v) is 10.6. The first-order valence-corrected chi connectivity index (χ1v) is 5.80. The summed E-state index contributed by atoms with van der Waals surface area (Å²) in [5.41, 5.74) is 1.96. The van der Waals surface area contributed by atoms with E-state index in [9.17, 15) is 4.79 Å². The number of hydrogen-bond acceptors (Lipinski definition) is 5. The monoisotopic (exact) mass is 261 g/mol. The van der Waals surface area contributed by atoms with Gasteiger partial charge in [0.1, 0.15) is 5.75 Å². The molecule has 0 radical (unpaired) electrons. The number of aromatic nitrogens is 2.